The zero-order chi connectivity index (χ0) is 10.5. The summed E-state index contributed by atoms with van der Waals surface area (Å²) in [5, 5.41) is 2.61. The summed E-state index contributed by atoms with van der Waals surface area (Å²) in [5.74, 6) is 0. The van der Waals surface area contributed by atoms with E-state index in [1.165, 1.54) is 16.3 Å². The van der Waals surface area contributed by atoms with Crippen molar-refractivity contribution in [3.63, 3.8) is 0 Å². The van der Waals surface area contributed by atoms with Gasteiger partial charge >= 0.3 is 0 Å². The van der Waals surface area contributed by atoms with Crippen LogP contribution in [0.3, 0.4) is 0 Å². The van der Waals surface area contributed by atoms with Crippen molar-refractivity contribution in [3.05, 3.63) is 55.1 Å². The number of aryl methyl sites for hydroxylation is 1. The zero-order valence-corrected chi connectivity index (χ0v) is 8.78. The Morgan fingerprint density at radius 2 is 1.80 bits per heavy atom. The SMILES string of the molecule is [CH2]OCCCc1ccc2ccccc2c1. The number of rotatable bonds is 4. The van der Waals surface area contributed by atoms with E-state index in [9.17, 15) is 0 Å². The Morgan fingerprint density at radius 3 is 2.60 bits per heavy atom. The molecule has 0 aliphatic heterocycles. The summed E-state index contributed by atoms with van der Waals surface area (Å²) in [6, 6.07) is 15.0. The maximum Gasteiger partial charge on any atom is 0.0700 e. The Bertz CT molecular complexity index is 434. The second-order valence-corrected chi connectivity index (χ2v) is 3.69. The molecule has 1 heteroatoms. The van der Waals surface area contributed by atoms with E-state index in [0.29, 0.717) is 0 Å². The van der Waals surface area contributed by atoms with Crippen molar-refractivity contribution in [1.29, 1.82) is 0 Å². The van der Waals surface area contributed by atoms with Crippen molar-refractivity contribution in [2.45, 2.75) is 12.8 Å². The molecule has 2 aromatic carbocycles. The van der Waals surface area contributed by atoms with Crippen LogP contribution in [0.1, 0.15) is 12.0 Å². The second-order valence-electron chi connectivity index (χ2n) is 3.69. The van der Waals surface area contributed by atoms with E-state index >= 15 is 0 Å². The molecule has 0 amide bonds. The number of benzene rings is 2. The molecule has 0 unspecified atom stereocenters. The fourth-order valence-corrected chi connectivity index (χ4v) is 1.77. The van der Waals surface area contributed by atoms with Gasteiger partial charge in [0.15, 0.2) is 0 Å². The highest BCUT2D eigenvalue weighted by molar-refractivity contribution is 5.82. The van der Waals surface area contributed by atoms with Gasteiger partial charge in [-0.2, -0.15) is 0 Å². The first kappa shape index (κ1) is 10.2. The van der Waals surface area contributed by atoms with Crippen molar-refractivity contribution in [2.75, 3.05) is 6.61 Å². The van der Waals surface area contributed by atoms with Gasteiger partial charge in [0.2, 0.25) is 0 Å². The lowest BCUT2D eigenvalue weighted by Crippen LogP contribution is -1.91. The third-order valence-corrected chi connectivity index (χ3v) is 2.57. The van der Waals surface area contributed by atoms with Crippen LogP contribution in [-0.2, 0) is 11.2 Å². The fraction of sp³-hybridized carbons (Fsp3) is 0.214. The largest absolute Gasteiger partial charge is 0.379 e. The molecule has 1 nitrogen and oxygen atoms in total. The summed E-state index contributed by atoms with van der Waals surface area (Å²) in [4.78, 5) is 0. The molecule has 0 aromatic heterocycles. The molecule has 0 fully saturated rings. The Morgan fingerprint density at radius 1 is 1.00 bits per heavy atom. The van der Waals surface area contributed by atoms with Crippen LogP contribution in [0.15, 0.2) is 42.5 Å². The highest BCUT2D eigenvalue weighted by Crippen LogP contribution is 2.16. The third-order valence-electron chi connectivity index (χ3n) is 2.57. The molecule has 0 atom stereocenters. The summed E-state index contributed by atoms with van der Waals surface area (Å²) in [5.41, 5.74) is 1.37. The third kappa shape index (κ3) is 2.57. The monoisotopic (exact) mass is 199 g/mol. The van der Waals surface area contributed by atoms with Gasteiger partial charge in [-0.05, 0) is 29.2 Å². The molecule has 0 saturated carbocycles. The smallest absolute Gasteiger partial charge is 0.0700 e. The van der Waals surface area contributed by atoms with E-state index in [1.807, 2.05) is 0 Å². The van der Waals surface area contributed by atoms with E-state index in [1.54, 1.807) is 0 Å². The first-order valence-electron chi connectivity index (χ1n) is 5.25. The summed E-state index contributed by atoms with van der Waals surface area (Å²) >= 11 is 0. The molecule has 0 aliphatic carbocycles. The predicted molar refractivity (Wildman–Crippen MR) is 63.6 cm³/mol. The molecule has 0 N–H and O–H groups in total. The molecule has 0 heterocycles. The molecule has 77 valence electrons. The predicted octanol–water partition coefficient (Wildman–Crippen LogP) is 3.58. The lowest BCUT2D eigenvalue weighted by Gasteiger charge is -2.03. The fourth-order valence-electron chi connectivity index (χ4n) is 1.77. The standard InChI is InChI=1S/C14H15O/c1-15-10-4-5-12-8-9-13-6-2-3-7-14(13)11-12/h2-3,6-9,11H,1,4-5,10H2. The maximum atomic E-state index is 4.80. The Kier molecular flexibility index (Phi) is 3.36. The topological polar surface area (TPSA) is 9.23 Å². The van der Waals surface area contributed by atoms with Crippen LogP contribution in [-0.4, -0.2) is 6.61 Å². The van der Waals surface area contributed by atoms with Crippen molar-refractivity contribution >= 4 is 10.8 Å². The normalized spacial score (nSPS) is 10.7. The molecule has 0 aliphatic rings. The molecule has 1 radical (unpaired) electrons. The second kappa shape index (κ2) is 4.94. The lowest BCUT2D eigenvalue weighted by atomic mass is 10.0. The molecule has 2 rings (SSSR count). The van der Waals surface area contributed by atoms with E-state index in [4.69, 9.17) is 4.74 Å². The van der Waals surface area contributed by atoms with Crippen LogP contribution < -0.4 is 0 Å². The van der Waals surface area contributed by atoms with Gasteiger partial charge < -0.3 is 4.74 Å². The first-order valence-corrected chi connectivity index (χ1v) is 5.25. The molecule has 0 saturated heterocycles. The van der Waals surface area contributed by atoms with Gasteiger partial charge in [-0.3, -0.25) is 0 Å². The minimum Gasteiger partial charge on any atom is -0.379 e. The number of fused-ring (bicyclic) bond motifs is 1. The van der Waals surface area contributed by atoms with Crippen LogP contribution in [0.4, 0.5) is 0 Å². The molecular weight excluding hydrogens is 184 g/mol. The Hall–Kier alpha value is -1.34. The van der Waals surface area contributed by atoms with Crippen LogP contribution in [0.5, 0.6) is 0 Å². The number of ether oxygens (including phenoxy) is 1. The maximum absolute atomic E-state index is 4.80. The van der Waals surface area contributed by atoms with Crippen LogP contribution in [0, 0.1) is 7.11 Å². The summed E-state index contributed by atoms with van der Waals surface area (Å²) in [6.07, 6.45) is 2.09. The van der Waals surface area contributed by atoms with E-state index in [0.717, 1.165) is 19.4 Å². The first-order chi connectivity index (χ1) is 7.40. The van der Waals surface area contributed by atoms with Crippen molar-refractivity contribution in [1.82, 2.24) is 0 Å². The average Bonchev–Trinajstić information content (AvgIpc) is 2.29. The van der Waals surface area contributed by atoms with Gasteiger partial charge in [0.25, 0.3) is 0 Å². The highest BCUT2D eigenvalue weighted by Gasteiger charge is 1.95. The molecule has 2 aromatic rings. The van der Waals surface area contributed by atoms with Crippen molar-refractivity contribution in [2.24, 2.45) is 0 Å². The summed E-state index contributed by atoms with van der Waals surface area (Å²) < 4.78 is 4.80. The average molecular weight is 199 g/mol. The molecule has 0 spiro atoms. The van der Waals surface area contributed by atoms with Gasteiger partial charge in [0.1, 0.15) is 0 Å². The summed E-state index contributed by atoms with van der Waals surface area (Å²) in [6.45, 7) is 0.729. The van der Waals surface area contributed by atoms with Crippen LogP contribution in [0.2, 0.25) is 0 Å². The van der Waals surface area contributed by atoms with Crippen molar-refractivity contribution in [3.8, 4) is 0 Å². The number of hydrogen-bond acceptors (Lipinski definition) is 1. The lowest BCUT2D eigenvalue weighted by molar-refractivity contribution is 0.238. The van der Waals surface area contributed by atoms with E-state index in [2.05, 4.69) is 49.6 Å². The van der Waals surface area contributed by atoms with E-state index in [-0.39, 0.29) is 0 Å². The van der Waals surface area contributed by atoms with Gasteiger partial charge in [0.05, 0.1) is 7.11 Å². The van der Waals surface area contributed by atoms with Crippen molar-refractivity contribution < 1.29 is 4.74 Å². The van der Waals surface area contributed by atoms with E-state index < -0.39 is 0 Å². The molecular formula is C14H15O. The minimum absolute atomic E-state index is 0.729. The van der Waals surface area contributed by atoms with Crippen LogP contribution >= 0.6 is 0 Å². The summed E-state index contributed by atoms with van der Waals surface area (Å²) in [7, 11) is 3.37. The Labute approximate surface area is 90.7 Å². The van der Waals surface area contributed by atoms with Crippen LogP contribution in [0.25, 0.3) is 10.8 Å². The minimum atomic E-state index is 0.729. The highest BCUT2D eigenvalue weighted by atomic mass is 16.5. The molecule has 0 bridgehead atoms. The quantitative estimate of drug-likeness (QED) is 0.684. The molecule has 15 heavy (non-hydrogen) atoms. The van der Waals surface area contributed by atoms with Gasteiger partial charge in [-0.1, -0.05) is 42.5 Å². The zero-order valence-electron chi connectivity index (χ0n) is 8.78. The van der Waals surface area contributed by atoms with Gasteiger partial charge in [-0.25, -0.2) is 0 Å². The van der Waals surface area contributed by atoms with Gasteiger partial charge in [-0.15, -0.1) is 0 Å². The Balaban J connectivity index is 2.16. The van der Waals surface area contributed by atoms with Gasteiger partial charge in [0, 0.05) is 6.61 Å². The number of hydrogen-bond donors (Lipinski definition) is 0.